The summed E-state index contributed by atoms with van der Waals surface area (Å²) in [7, 11) is 0. The van der Waals surface area contributed by atoms with E-state index in [0.717, 1.165) is 5.56 Å². The van der Waals surface area contributed by atoms with Crippen LogP contribution < -0.4 is 10.9 Å². The van der Waals surface area contributed by atoms with E-state index in [-0.39, 0.29) is 16.1 Å². The molecule has 3 heterocycles. The highest BCUT2D eigenvalue weighted by Crippen LogP contribution is 2.21. The van der Waals surface area contributed by atoms with Crippen molar-refractivity contribution in [1.82, 2.24) is 14.5 Å². The highest BCUT2D eigenvalue weighted by molar-refractivity contribution is 6.31. The lowest BCUT2D eigenvalue weighted by molar-refractivity contribution is 0.102. The third kappa shape index (κ3) is 3.92. The normalized spacial score (nSPS) is 10.9. The van der Waals surface area contributed by atoms with Gasteiger partial charge in [-0.1, -0.05) is 17.7 Å². The molecule has 0 saturated heterocycles. The van der Waals surface area contributed by atoms with Gasteiger partial charge in [0.15, 0.2) is 0 Å². The van der Waals surface area contributed by atoms with Crippen LogP contribution in [0.15, 0.2) is 65.8 Å². The van der Waals surface area contributed by atoms with Crippen LogP contribution in [0.1, 0.15) is 21.6 Å². The summed E-state index contributed by atoms with van der Waals surface area (Å²) in [6.07, 6.45) is 5.03. The van der Waals surface area contributed by atoms with E-state index >= 15 is 0 Å². The lowest BCUT2D eigenvalue weighted by Gasteiger charge is -2.11. The highest BCUT2D eigenvalue weighted by atomic mass is 35.5. The number of hydrogen-bond donors (Lipinski definition) is 1. The minimum Gasteiger partial charge on any atom is -0.322 e. The van der Waals surface area contributed by atoms with E-state index in [1.807, 2.05) is 6.07 Å². The van der Waals surface area contributed by atoms with E-state index in [2.05, 4.69) is 15.3 Å². The molecular weight excluding hydrogens is 407 g/mol. The SMILES string of the molecule is Cc1nc2ccn(Cc3cccnc3)c(=O)c2cc1C(=O)Nc1ccc(F)c(Cl)c1. The maximum absolute atomic E-state index is 13.3. The minimum atomic E-state index is -0.576. The van der Waals surface area contributed by atoms with Gasteiger partial charge in [-0.15, -0.1) is 0 Å². The van der Waals surface area contributed by atoms with Crippen LogP contribution in [-0.2, 0) is 6.54 Å². The fourth-order valence-electron chi connectivity index (χ4n) is 3.12. The average Bonchev–Trinajstić information content (AvgIpc) is 2.73. The molecule has 0 bridgehead atoms. The van der Waals surface area contributed by atoms with Gasteiger partial charge in [-0.2, -0.15) is 0 Å². The van der Waals surface area contributed by atoms with Crippen LogP contribution in [0.4, 0.5) is 10.1 Å². The van der Waals surface area contributed by atoms with E-state index in [1.165, 1.54) is 28.8 Å². The Hall–Kier alpha value is -3.58. The molecule has 0 atom stereocenters. The van der Waals surface area contributed by atoms with Gasteiger partial charge in [0.05, 0.1) is 33.7 Å². The molecule has 0 aliphatic rings. The molecule has 30 heavy (non-hydrogen) atoms. The summed E-state index contributed by atoms with van der Waals surface area (Å²) in [5.74, 6) is -1.04. The fraction of sp³-hybridized carbons (Fsp3) is 0.0909. The number of amides is 1. The molecule has 0 aliphatic carbocycles. The predicted molar refractivity (Wildman–Crippen MR) is 113 cm³/mol. The maximum atomic E-state index is 13.3. The van der Waals surface area contributed by atoms with Gasteiger partial charge < -0.3 is 9.88 Å². The Balaban J connectivity index is 1.70. The largest absolute Gasteiger partial charge is 0.322 e. The standard InChI is InChI=1S/C22H16ClFN4O2/c1-13-16(21(29)27-15-4-5-19(24)18(23)9-15)10-17-20(26-13)6-8-28(22(17)30)12-14-3-2-7-25-11-14/h2-11H,12H2,1H3,(H,27,29). The number of benzene rings is 1. The zero-order valence-electron chi connectivity index (χ0n) is 15.9. The predicted octanol–water partition coefficient (Wildman–Crippen LogP) is 4.19. The Morgan fingerprint density at radius 2 is 2.07 bits per heavy atom. The van der Waals surface area contributed by atoms with Crippen molar-refractivity contribution in [2.45, 2.75) is 13.5 Å². The minimum absolute atomic E-state index is 0.0977. The van der Waals surface area contributed by atoms with E-state index < -0.39 is 11.7 Å². The summed E-state index contributed by atoms with van der Waals surface area (Å²) in [5.41, 5.74) is 2.18. The number of hydrogen-bond acceptors (Lipinski definition) is 4. The second-order valence-electron chi connectivity index (χ2n) is 6.75. The Morgan fingerprint density at radius 1 is 1.23 bits per heavy atom. The molecule has 0 radical (unpaired) electrons. The zero-order chi connectivity index (χ0) is 21.3. The number of nitrogens with zero attached hydrogens (tertiary/aromatic N) is 3. The first-order valence-corrected chi connectivity index (χ1v) is 9.46. The quantitative estimate of drug-likeness (QED) is 0.535. The fourth-order valence-corrected chi connectivity index (χ4v) is 3.30. The maximum Gasteiger partial charge on any atom is 0.260 e. The van der Waals surface area contributed by atoms with Crippen LogP contribution in [0.2, 0.25) is 5.02 Å². The number of pyridine rings is 3. The Kier molecular flexibility index (Phi) is 5.29. The lowest BCUT2D eigenvalue weighted by Crippen LogP contribution is -2.22. The van der Waals surface area contributed by atoms with Gasteiger partial charge in [0.1, 0.15) is 5.82 Å². The van der Waals surface area contributed by atoms with Crippen molar-refractivity contribution in [2.75, 3.05) is 5.32 Å². The topological polar surface area (TPSA) is 76.9 Å². The number of aromatic nitrogens is 3. The van der Waals surface area contributed by atoms with Gasteiger partial charge in [-0.05, 0) is 48.9 Å². The number of nitrogens with one attached hydrogen (secondary N) is 1. The molecule has 0 saturated carbocycles. The smallest absolute Gasteiger partial charge is 0.260 e. The molecule has 1 N–H and O–H groups in total. The second-order valence-corrected chi connectivity index (χ2v) is 7.15. The third-order valence-corrected chi connectivity index (χ3v) is 4.93. The van der Waals surface area contributed by atoms with Gasteiger partial charge in [0.25, 0.3) is 11.5 Å². The number of halogens is 2. The molecule has 8 heteroatoms. The number of fused-ring (bicyclic) bond motifs is 1. The Bertz CT molecular complexity index is 1320. The highest BCUT2D eigenvalue weighted by Gasteiger charge is 2.15. The van der Waals surface area contributed by atoms with Crippen molar-refractivity contribution >= 4 is 34.1 Å². The van der Waals surface area contributed by atoms with Crippen LogP contribution in [-0.4, -0.2) is 20.4 Å². The van der Waals surface area contributed by atoms with Crippen molar-refractivity contribution in [3.05, 3.63) is 99.1 Å². The number of rotatable bonds is 4. The van der Waals surface area contributed by atoms with Crippen LogP contribution in [0.5, 0.6) is 0 Å². The summed E-state index contributed by atoms with van der Waals surface area (Å²) in [5, 5.41) is 2.89. The Labute approximate surface area is 176 Å². The molecule has 0 aliphatic heterocycles. The molecule has 4 aromatic rings. The molecule has 0 fully saturated rings. The second kappa shape index (κ2) is 8.04. The van der Waals surface area contributed by atoms with Crippen molar-refractivity contribution < 1.29 is 9.18 Å². The summed E-state index contributed by atoms with van der Waals surface area (Å²) in [4.78, 5) is 34.2. The molecule has 3 aromatic heterocycles. The van der Waals surface area contributed by atoms with E-state index in [1.54, 1.807) is 37.6 Å². The molecule has 1 aromatic carbocycles. The summed E-state index contributed by atoms with van der Waals surface area (Å²) in [6, 6.07) is 10.8. The van der Waals surface area contributed by atoms with Gasteiger partial charge in [-0.25, -0.2) is 4.39 Å². The number of carbonyl (C=O) groups is 1. The van der Waals surface area contributed by atoms with Gasteiger partial charge in [0, 0.05) is 24.3 Å². The summed E-state index contributed by atoms with van der Waals surface area (Å²) < 4.78 is 14.9. The van der Waals surface area contributed by atoms with Crippen LogP contribution in [0, 0.1) is 12.7 Å². The van der Waals surface area contributed by atoms with Crippen LogP contribution in [0.25, 0.3) is 10.9 Å². The zero-order valence-corrected chi connectivity index (χ0v) is 16.7. The Morgan fingerprint density at radius 3 is 2.80 bits per heavy atom. The van der Waals surface area contributed by atoms with Crippen LogP contribution >= 0.6 is 11.6 Å². The first-order chi connectivity index (χ1) is 14.4. The summed E-state index contributed by atoms with van der Waals surface area (Å²) in [6.45, 7) is 2.04. The number of anilines is 1. The first-order valence-electron chi connectivity index (χ1n) is 9.08. The van der Waals surface area contributed by atoms with Crippen molar-refractivity contribution in [3.8, 4) is 0 Å². The summed E-state index contributed by atoms with van der Waals surface area (Å²) >= 11 is 5.77. The molecule has 1 amide bonds. The molecule has 0 unspecified atom stereocenters. The monoisotopic (exact) mass is 422 g/mol. The van der Waals surface area contributed by atoms with Gasteiger partial charge in [-0.3, -0.25) is 19.6 Å². The molecule has 150 valence electrons. The van der Waals surface area contributed by atoms with Gasteiger partial charge >= 0.3 is 0 Å². The van der Waals surface area contributed by atoms with Crippen molar-refractivity contribution in [2.24, 2.45) is 0 Å². The molecule has 6 nitrogen and oxygen atoms in total. The molecule has 4 rings (SSSR count). The first kappa shape index (κ1) is 19.7. The van der Waals surface area contributed by atoms with E-state index in [0.29, 0.717) is 28.8 Å². The average molecular weight is 423 g/mol. The molecular formula is C22H16ClFN4O2. The molecule has 0 spiro atoms. The lowest BCUT2D eigenvalue weighted by atomic mass is 10.1. The van der Waals surface area contributed by atoms with Crippen molar-refractivity contribution in [3.63, 3.8) is 0 Å². The van der Waals surface area contributed by atoms with Crippen LogP contribution in [0.3, 0.4) is 0 Å². The third-order valence-electron chi connectivity index (χ3n) is 4.64. The van der Waals surface area contributed by atoms with E-state index in [4.69, 9.17) is 11.6 Å². The van der Waals surface area contributed by atoms with Gasteiger partial charge in [0.2, 0.25) is 0 Å². The van der Waals surface area contributed by atoms with E-state index in [9.17, 15) is 14.0 Å². The number of carbonyl (C=O) groups excluding carboxylic acids is 1. The van der Waals surface area contributed by atoms with Crippen molar-refractivity contribution in [1.29, 1.82) is 0 Å². The number of aryl methyl sites for hydroxylation is 1.